The van der Waals surface area contributed by atoms with Crippen molar-refractivity contribution in [3.63, 3.8) is 0 Å². The average Bonchev–Trinajstić information content (AvgIpc) is 1.64. The van der Waals surface area contributed by atoms with Crippen LogP contribution in [0.1, 0.15) is 169 Å². The molecule has 95 heavy (non-hydrogen) atoms. The number of amides is 2. The number of Topliss-reactive ketones (excluding diaryl/α,β-unsaturated/α-hetero) is 3. The molecule has 0 saturated carbocycles. The molecule has 0 unspecified atom stereocenters. The number of cyclic esters (lactones) is 2. The van der Waals surface area contributed by atoms with Crippen molar-refractivity contribution in [2.45, 2.75) is 197 Å². The maximum Gasteiger partial charge on any atom is 0.343 e. The molecule has 0 fully saturated rings. The van der Waals surface area contributed by atoms with Gasteiger partial charge in [-0.25, -0.2) is 19.6 Å². The normalized spacial score (nSPS) is 18.7. The number of fused-ring (bicyclic) bond motifs is 10. The van der Waals surface area contributed by atoms with Gasteiger partial charge in [0.1, 0.15) is 19.8 Å². The fraction of sp³-hybridized carbons (Fsp3) is 0.507. The van der Waals surface area contributed by atoms with Crippen LogP contribution in [-0.2, 0) is 124 Å². The van der Waals surface area contributed by atoms with E-state index >= 15 is 0 Å². The van der Waals surface area contributed by atoms with Gasteiger partial charge in [-0.1, -0.05) is 73.6 Å². The minimum absolute atomic E-state index is 0. The highest BCUT2D eigenvalue weighted by Gasteiger charge is 2.47. The van der Waals surface area contributed by atoms with Gasteiger partial charge in [0.25, 0.3) is 11.1 Å². The van der Waals surface area contributed by atoms with E-state index in [1.54, 1.807) is 49.0 Å². The van der Waals surface area contributed by atoms with Crippen LogP contribution in [0.25, 0.3) is 55.0 Å². The van der Waals surface area contributed by atoms with Crippen LogP contribution in [-0.4, -0.2) is 108 Å². The summed E-state index contributed by atoms with van der Waals surface area (Å²) in [5, 5.41) is 33.3. The van der Waals surface area contributed by atoms with E-state index < -0.39 is 47.2 Å². The Labute approximate surface area is 550 Å². The van der Waals surface area contributed by atoms with Crippen molar-refractivity contribution in [1.29, 1.82) is 0 Å². The molecule has 2 aromatic carbocycles. The molecule has 2 amide bonds. The van der Waals surface area contributed by atoms with Gasteiger partial charge in [0.2, 0.25) is 11.8 Å². The van der Waals surface area contributed by atoms with Crippen LogP contribution in [0, 0.1) is 17.8 Å². The number of pyridine rings is 4. The zero-order valence-corrected chi connectivity index (χ0v) is 53.7. The third-order valence-corrected chi connectivity index (χ3v) is 19.7. The summed E-state index contributed by atoms with van der Waals surface area (Å²) in [4.78, 5) is 130. The predicted octanol–water partition coefficient (Wildman–Crippen LogP) is 7.18. The van der Waals surface area contributed by atoms with Crippen molar-refractivity contribution >= 4 is 62.9 Å². The zero-order valence-electron chi connectivity index (χ0n) is 53.7. The Morgan fingerprint density at radius 3 is 1.53 bits per heavy atom. The SMILES string of the molecule is C.C.CC[C@@]1(O)C(=O)OCc2c1cc1n(c2=O)Cc2c-1nc1ccc(CC(=O)[C@H](C)NC(=O)[C@@H](CC(=O)COCCN=[N+]=[N-])C(C)C)c3c1c2CCC3.CC[C@@]1(O)C(=O)OCc2c1cc1n(c2=O)Cc2c-1nc1ccc(CC(=O)[C@H](C)NC(=O)[C@@H](N)C(C)C)c3c1c2CCC3. The second-order valence-electron chi connectivity index (χ2n) is 26.1. The van der Waals surface area contributed by atoms with Gasteiger partial charge in [-0.3, -0.25) is 33.6 Å². The van der Waals surface area contributed by atoms with Gasteiger partial charge in [0, 0.05) is 69.7 Å². The molecule has 0 bridgehead atoms. The van der Waals surface area contributed by atoms with Gasteiger partial charge in [0.15, 0.2) is 28.6 Å². The molecule has 4 aliphatic heterocycles. The standard InChI is InChI=1S/C37H42N6O8.C32H36N4O6.2CH4/c1-5-37(49)28-15-30-33-26(16-43(30)35(47)27(28)18-51-36(37)48)24-8-6-7-23-21(9-10-29(41-33)32(23)24)13-31(45)20(4)40-34(46)25(19(2)3)14-22(44)17-50-12-11-39-42-38;1-5-32(41)22-12-24-28-20(13-36(24)30(39)21(22)14-42-31(32)40)19-8-6-7-18-17(9-10-23(35-28)26(18)19)11-25(37)16(4)34-29(38)27(33)15(2)3;;/h9-10,15,19-20,25,49H,5-8,11-14,16-18H2,1-4H3,(H,40,46);9-10,12,15-16,27,41H,5-8,11,13-14,33H2,1-4H3,(H,34,38);2*1H4/t20-,25-,37-;16-,27-,32-;;/m00../s1. The summed E-state index contributed by atoms with van der Waals surface area (Å²) in [6.45, 7) is 14.4. The zero-order chi connectivity index (χ0) is 66.7. The number of aliphatic hydroxyl groups is 2. The first-order chi connectivity index (χ1) is 44.3. The van der Waals surface area contributed by atoms with Gasteiger partial charge in [0.05, 0.1) is 82.8 Å². The summed E-state index contributed by atoms with van der Waals surface area (Å²) in [5.74, 6) is -3.57. The number of esters is 2. The number of aromatic nitrogens is 4. The van der Waals surface area contributed by atoms with Gasteiger partial charge >= 0.3 is 11.9 Å². The minimum atomic E-state index is -1.90. The lowest BCUT2D eigenvalue weighted by molar-refractivity contribution is -0.172. The van der Waals surface area contributed by atoms with Crippen molar-refractivity contribution < 1.29 is 58.0 Å². The molecule has 504 valence electrons. The predicted molar refractivity (Wildman–Crippen MR) is 355 cm³/mol. The first-order valence-electron chi connectivity index (χ1n) is 32.1. The highest BCUT2D eigenvalue weighted by Crippen LogP contribution is 2.45. The first-order valence-corrected chi connectivity index (χ1v) is 32.1. The summed E-state index contributed by atoms with van der Waals surface area (Å²) in [6, 6.07) is 8.93. The Bertz CT molecular complexity index is 4350. The number of hydrogen-bond acceptors (Lipinski definition) is 18. The first kappa shape index (κ1) is 70.5. The summed E-state index contributed by atoms with van der Waals surface area (Å²) in [6.07, 6.45) is 5.26. The van der Waals surface area contributed by atoms with E-state index in [-0.39, 0.29) is 143 Å². The van der Waals surface area contributed by atoms with Crippen molar-refractivity contribution in [1.82, 2.24) is 29.7 Å². The Morgan fingerprint density at radius 1 is 0.663 bits per heavy atom. The molecule has 6 aromatic rings. The molecular weight excluding hydrogens is 1220 g/mol. The molecule has 6 N–H and O–H groups in total. The number of ether oxygens (including phenoxy) is 3. The van der Waals surface area contributed by atoms with Crippen molar-refractivity contribution in [2.24, 2.45) is 28.6 Å². The van der Waals surface area contributed by atoms with Crippen molar-refractivity contribution in [3.05, 3.63) is 134 Å². The average molecular weight is 1300 g/mol. The number of nitrogens with two attached hydrogens (primary N) is 1. The van der Waals surface area contributed by atoms with E-state index in [0.717, 1.165) is 105 Å². The third kappa shape index (κ3) is 12.6. The molecule has 0 spiro atoms. The van der Waals surface area contributed by atoms with E-state index in [4.69, 9.17) is 35.4 Å². The van der Waals surface area contributed by atoms with E-state index in [1.807, 2.05) is 52.0 Å². The number of carbonyl (C=O) groups is 7. The number of rotatable bonds is 21. The number of benzene rings is 2. The van der Waals surface area contributed by atoms with Gasteiger partial charge < -0.3 is 49.9 Å². The minimum Gasteiger partial charge on any atom is -0.458 e. The molecule has 6 atom stereocenters. The highest BCUT2D eigenvalue weighted by molar-refractivity contribution is 5.98. The number of nitrogens with zero attached hydrogens (tertiary/aromatic N) is 7. The molecule has 12 rings (SSSR count). The Balaban J connectivity index is 0.000000222. The Morgan fingerprint density at radius 2 is 1.11 bits per heavy atom. The summed E-state index contributed by atoms with van der Waals surface area (Å²) >= 11 is 0. The molecule has 2 aliphatic carbocycles. The lowest BCUT2D eigenvalue weighted by Gasteiger charge is -2.31. The lowest BCUT2D eigenvalue weighted by atomic mass is 9.83. The van der Waals surface area contributed by atoms with Gasteiger partial charge in [-0.2, -0.15) is 0 Å². The lowest BCUT2D eigenvalue weighted by Crippen LogP contribution is -2.49. The maximum absolute atomic E-state index is 13.7. The smallest absolute Gasteiger partial charge is 0.343 e. The number of nitrogens with one attached hydrogen (secondary N) is 2. The summed E-state index contributed by atoms with van der Waals surface area (Å²) in [5.41, 5.74) is 23.0. The van der Waals surface area contributed by atoms with Crippen molar-refractivity contribution in [3.8, 4) is 22.8 Å². The number of aryl methyl sites for hydroxylation is 4. The number of hydrogen-bond donors (Lipinski definition) is 5. The second kappa shape index (κ2) is 27.9. The third-order valence-electron chi connectivity index (χ3n) is 19.7. The van der Waals surface area contributed by atoms with E-state index in [1.165, 1.54) is 0 Å². The molecule has 24 nitrogen and oxygen atoms in total. The van der Waals surface area contributed by atoms with Crippen LogP contribution >= 0.6 is 0 Å². The molecular formula is C71H86N10O14. The van der Waals surface area contributed by atoms with Gasteiger partial charge in [-0.05, 0) is 140 Å². The van der Waals surface area contributed by atoms with E-state index in [2.05, 4.69) is 20.7 Å². The quantitative estimate of drug-likeness (QED) is 0.0156. The Hall–Kier alpha value is -8.80. The molecule has 8 heterocycles. The van der Waals surface area contributed by atoms with Crippen LogP contribution in [0.2, 0.25) is 0 Å². The van der Waals surface area contributed by atoms with Crippen LogP contribution in [0.4, 0.5) is 0 Å². The van der Waals surface area contributed by atoms with Crippen LogP contribution in [0.15, 0.2) is 51.1 Å². The maximum atomic E-state index is 13.7. The molecule has 6 aliphatic rings. The summed E-state index contributed by atoms with van der Waals surface area (Å²) in [7, 11) is 0. The second-order valence-corrected chi connectivity index (χ2v) is 26.1. The van der Waals surface area contributed by atoms with Crippen LogP contribution in [0.3, 0.4) is 0 Å². The molecule has 0 saturated heterocycles. The fourth-order valence-corrected chi connectivity index (χ4v) is 14.2. The van der Waals surface area contributed by atoms with E-state index in [0.29, 0.717) is 47.0 Å². The summed E-state index contributed by atoms with van der Waals surface area (Å²) < 4.78 is 18.9. The number of carbonyl (C=O) groups excluding carboxylic acids is 7. The molecule has 0 radical (unpaired) electrons. The van der Waals surface area contributed by atoms with Gasteiger partial charge in [-0.15, -0.1) is 0 Å². The fourth-order valence-electron chi connectivity index (χ4n) is 14.2. The van der Waals surface area contributed by atoms with Crippen LogP contribution < -0.4 is 27.5 Å². The van der Waals surface area contributed by atoms with Crippen LogP contribution in [0.5, 0.6) is 0 Å². The molecule has 4 aromatic heterocycles. The Kier molecular flexibility index (Phi) is 20.7. The highest BCUT2D eigenvalue weighted by atomic mass is 16.6. The largest absolute Gasteiger partial charge is 0.458 e. The topological polar surface area (TPSA) is 356 Å². The molecule has 24 heteroatoms. The van der Waals surface area contributed by atoms with Crippen molar-refractivity contribution in [2.75, 3.05) is 19.8 Å². The number of ketones is 3. The monoisotopic (exact) mass is 1300 g/mol. The number of azide groups is 1. The van der Waals surface area contributed by atoms with E-state index in [9.17, 15) is 53.4 Å².